The second-order valence-electron chi connectivity index (χ2n) is 6.06. The standard InChI is InChI=1S/C20H22N2O5S/c1-13-4-6-16(7-5-13)26-11-15(23)12-28-20-22-21-19(27-20)14-8-17(24-2)10-18(9-14)25-3/h4-10,15,23H,11-12H2,1-3H3/t15-/m0/s1. The van der Waals surface area contributed by atoms with Gasteiger partial charge < -0.3 is 23.7 Å². The van der Waals surface area contributed by atoms with E-state index in [-0.39, 0.29) is 6.61 Å². The molecule has 0 fully saturated rings. The van der Waals surface area contributed by atoms with Gasteiger partial charge in [-0.3, -0.25) is 0 Å². The van der Waals surface area contributed by atoms with Crippen molar-refractivity contribution in [3.63, 3.8) is 0 Å². The first-order valence-corrected chi connectivity index (χ1v) is 9.63. The second-order valence-corrected chi connectivity index (χ2v) is 7.03. The number of aliphatic hydroxyl groups excluding tert-OH is 1. The monoisotopic (exact) mass is 402 g/mol. The predicted molar refractivity (Wildman–Crippen MR) is 106 cm³/mol. The van der Waals surface area contributed by atoms with Gasteiger partial charge in [0.05, 0.1) is 20.3 Å². The summed E-state index contributed by atoms with van der Waals surface area (Å²) < 4.78 is 21.8. The van der Waals surface area contributed by atoms with Gasteiger partial charge in [0.2, 0.25) is 5.89 Å². The topological polar surface area (TPSA) is 86.8 Å². The Hall–Kier alpha value is -2.71. The molecule has 0 amide bonds. The molecule has 1 atom stereocenters. The highest BCUT2D eigenvalue weighted by Gasteiger charge is 2.14. The average molecular weight is 402 g/mol. The summed E-state index contributed by atoms with van der Waals surface area (Å²) in [5, 5.41) is 18.6. The molecular formula is C20H22N2O5S. The van der Waals surface area contributed by atoms with Crippen molar-refractivity contribution in [3.05, 3.63) is 48.0 Å². The summed E-state index contributed by atoms with van der Waals surface area (Å²) in [4.78, 5) is 0. The van der Waals surface area contributed by atoms with Gasteiger partial charge in [-0.05, 0) is 31.2 Å². The van der Waals surface area contributed by atoms with Crippen LogP contribution in [-0.4, -0.2) is 48.0 Å². The maximum atomic E-state index is 10.1. The first-order chi connectivity index (χ1) is 13.6. The van der Waals surface area contributed by atoms with E-state index in [9.17, 15) is 5.11 Å². The Bertz CT molecular complexity index is 876. The molecule has 148 valence electrons. The van der Waals surface area contributed by atoms with E-state index in [0.717, 1.165) is 11.3 Å². The van der Waals surface area contributed by atoms with Crippen LogP contribution in [0.3, 0.4) is 0 Å². The molecule has 8 heteroatoms. The third-order valence-electron chi connectivity index (χ3n) is 3.87. The minimum Gasteiger partial charge on any atom is -0.497 e. The fourth-order valence-electron chi connectivity index (χ4n) is 2.36. The number of aromatic nitrogens is 2. The third kappa shape index (κ3) is 5.40. The van der Waals surface area contributed by atoms with Gasteiger partial charge in [0.1, 0.15) is 23.9 Å². The smallest absolute Gasteiger partial charge is 0.276 e. The number of ether oxygens (including phenoxy) is 3. The molecule has 1 aromatic heterocycles. The zero-order valence-electron chi connectivity index (χ0n) is 15.9. The van der Waals surface area contributed by atoms with Crippen molar-refractivity contribution in [2.75, 3.05) is 26.6 Å². The van der Waals surface area contributed by atoms with Gasteiger partial charge in [-0.2, -0.15) is 0 Å². The summed E-state index contributed by atoms with van der Waals surface area (Å²) in [6.45, 7) is 2.19. The molecule has 0 aliphatic rings. The molecule has 0 spiro atoms. The maximum Gasteiger partial charge on any atom is 0.276 e. The van der Waals surface area contributed by atoms with Crippen LogP contribution in [0.1, 0.15) is 5.56 Å². The average Bonchev–Trinajstić information content (AvgIpc) is 3.20. The van der Waals surface area contributed by atoms with Gasteiger partial charge in [0, 0.05) is 17.4 Å². The van der Waals surface area contributed by atoms with Crippen molar-refractivity contribution in [2.24, 2.45) is 0 Å². The van der Waals surface area contributed by atoms with Gasteiger partial charge in [-0.25, -0.2) is 0 Å². The number of aliphatic hydroxyl groups is 1. The lowest BCUT2D eigenvalue weighted by atomic mass is 10.2. The van der Waals surface area contributed by atoms with Crippen molar-refractivity contribution in [3.8, 4) is 28.7 Å². The molecule has 1 heterocycles. The summed E-state index contributed by atoms with van der Waals surface area (Å²) in [6, 6.07) is 13.0. The normalized spacial score (nSPS) is 11.9. The Morgan fingerprint density at radius 2 is 1.68 bits per heavy atom. The van der Waals surface area contributed by atoms with Crippen molar-refractivity contribution < 1.29 is 23.7 Å². The van der Waals surface area contributed by atoms with Gasteiger partial charge in [0.15, 0.2) is 0 Å². The van der Waals surface area contributed by atoms with Crippen LogP contribution in [-0.2, 0) is 0 Å². The van der Waals surface area contributed by atoms with Gasteiger partial charge in [-0.15, -0.1) is 10.2 Å². The highest BCUT2D eigenvalue weighted by molar-refractivity contribution is 7.99. The number of hydrogen-bond acceptors (Lipinski definition) is 8. The Labute approximate surface area is 167 Å². The Kier molecular flexibility index (Phi) is 6.78. The molecule has 0 saturated heterocycles. The largest absolute Gasteiger partial charge is 0.497 e. The number of rotatable bonds is 9. The lowest BCUT2D eigenvalue weighted by Crippen LogP contribution is -2.20. The van der Waals surface area contributed by atoms with E-state index >= 15 is 0 Å². The van der Waals surface area contributed by atoms with Crippen molar-refractivity contribution in [2.45, 2.75) is 18.3 Å². The summed E-state index contributed by atoms with van der Waals surface area (Å²) in [6.07, 6.45) is -0.668. The SMILES string of the molecule is COc1cc(OC)cc(-c2nnc(SC[C@@H](O)COc3ccc(C)cc3)o2)c1. The molecule has 0 saturated carbocycles. The lowest BCUT2D eigenvalue weighted by Gasteiger charge is -2.11. The van der Waals surface area contributed by atoms with Crippen molar-refractivity contribution in [1.82, 2.24) is 10.2 Å². The number of aryl methyl sites for hydroxylation is 1. The van der Waals surface area contributed by atoms with Gasteiger partial charge in [0.25, 0.3) is 5.22 Å². The minimum absolute atomic E-state index is 0.185. The van der Waals surface area contributed by atoms with E-state index in [1.807, 2.05) is 31.2 Å². The molecule has 3 rings (SSSR count). The fraction of sp³-hybridized carbons (Fsp3) is 0.300. The van der Waals surface area contributed by atoms with Crippen molar-refractivity contribution >= 4 is 11.8 Å². The van der Waals surface area contributed by atoms with Crippen molar-refractivity contribution in [1.29, 1.82) is 0 Å². The summed E-state index contributed by atoms with van der Waals surface area (Å²) in [5.74, 6) is 2.71. The fourth-order valence-corrected chi connectivity index (χ4v) is 3.03. The second kappa shape index (κ2) is 9.48. The molecule has 7 nitrogen and oxygen atoms in total. The lowest BCUT2D eigenvalue weighted by molar-refractivity contribution is 0.126. The minimum atomic E-state index is -0.668. The maximum absolute atomic E-state index is 10.1. The highest BCUT2D eigenvalue weighted by Crippen LogP contribution is 2.30. The first-order valence-electron chi connectivity index (χ1n) is 8.64. The predicted octanol–water partition coefficient (Wildman–Crippen LogP) is 3.59. The van der Waals surface area contributed by atoms with Gasteiger partial charge in [-0.1, -0.05) is 29.5 Å². The number of hydrogen-bond donors (Lipinski definition) is 1. The molecule has 3 aromatic rings. The van der Waals surface area contributed by atoms with Gasteiger partial charge >= 0.3 is 0 Å². The van der Waals surface area contributed by atoms with Crippen LogP contribution in [0.25, 0.3) is 11.5 Å². The zero-order valence-corrected chi connectivity index (χ0v) is 16.7. The van der Waals surface area contributed by atoms with E-state index in [1.54, 1.807) is 32.4 Å². The number of benzene rings is 2. The van der Waals surface area contributed by atoms with Crippen LogP contribution in [0.15, 0.2) is 52.1 Å². The van der Waals surface area contributed by atoms with E-state index in [0.29, 0.717) is 33.9 Å². The van der Waals surface area contributed by atoms with E-state index in [2.05, 4.69) is 10.2 Å². The molecule has 0 aliphatic heterocycles. The van der Waals surface area contributed by atoms with Crippen LogP contribution in [0.4, 0.5) is 0 Å². The quantitative estimate of drug-likeness (QED) is 0.544. The molecule has 0 unspecified atom stereocenters. The van der Waals surface area contributed by atoms with Crippen LogP contribution in [0.2, 0.25) is 0 Å². The summed E-state index contributed by atoms with van der Waals surface area (Å²) >= 11 is 1.27. The molecule has 0 radical (unpaired) electrons. The Morgan fingerprint density at radius 1 is 1.00 bits per heavy atom. The highest BCUT2D eigenvalue weighted by atomic mass is 32.2. The van der Waals surface area contributed by atoms with E-state index < -0.39 is 6.10 Å². The first kappa shape index (κ1) is 20.0. The van der Waals surface area contributed by atoms with Crippen LogP contribution < -0.4 is 14.2 Å². The molecule has 28 heavy (non-hydrogen) atoms. The Morgan fingerprint density at radius 3 is 2.32 bits per heavy atom. The van der Waals surface area contributed by atoms with Crippen LogP contribution in [0, 0.1) is 6.92 Å². The molecule has 0 aliphatic carbocycles. The summed E-state index contributed by atoms with van der Waals surface area (Å²) in [5.41, 5.74) is 1.85. The number of thioether (sulfide) groups is 1. The molecule has 2 aromatic carbocycles. The number of methoxy groups -OCH3 is 2. The molecular weight excluding hydrogens is 380 g/mol. The third-order valence-corrected chi connectivity index (χ3v) is 4.83. The van der Waals surface area contributed by atoms with Crippen LogP contribution in [0.5, 0.6) is 17.2 Å². The Balaban J connectivity index is 1.55. The zero-order chi connectivity index (χ0) is 19.9. The molecule has 0 bridgehead atoms. The number of nitrogens with zero attached hydrogens (tertiary/aromatic N) is 2. The van der Waals surface area contributed by atoms with E-state index in [1.165, 1.54) is 11.8 Å². The van der Waals surface area contributed by atoms with E-state index in [4.69, 9.17) is 18.6 Å². The molecule has 1 N–H and O–H groups in total. The van der Waals surface area contributed by atoms with Crippen LogP contribution >= 0.6 is 11.8 Å². The summed E-state index contributed by atoms with van der Waals surface area (Å²) in [7, 11) is 3.15.